The van der Waals surface area contributed by atoms with Crippen LogP contribution in [0.15, 0.2) is 17.1 Å². The molecule has 0 aromatic carbocycles. The number of hydrogen-bond acceptors (Lipinski definition) is 7. The highest BCUT2D eigenvalue weighted by atomic mass is 16.6. The number of carbonyl (C=O) groups is 1. The Hall–Kier alpha value is -2.74. The molecule has 10 nitrogen and oxygen atoms in total. The second-order valence-corrected chi connectivity index (χ2v) is 7.05. The second kappa shape index (κ2) is 8.10. The second-order valence-electron chi connectivity index (χ2n) is 7.05. The third kappa shape index (κ3) is 3.64. The summed E-state index contributed by atoms with van der Waals surface area (Å²) in [6, 6.07) is 4.89. The number of nitriles is 1. The summed E-state index contributed by atoms with van der Waals surface area (Å²) in [4.78, 5) is 18.3. The highest BCUT2D eigenvalue weighted by molar-refractivity contribution is 5.99. The summed E-state index contributed by atoms with van der Waals surface area (Å²) in [6.45, 7) is -0.266. The SMILES string of the molecule is N#C[C@@]1(c2ccc(/C(N)=N\C=N)[nH]2)O[C@H](COC(=O)CC2CCC2)[C@@H](O)[C@H]1O. The molecule has 150 valence electrons. The van der Waals surface area contributed by atoms with E-state index in [9.17, 15) is 20.3 Å². The van der Waals surface area contributed by atoms with Crippen molar-refractivity contribution in [2.45, 2.75) is 49.6 Å². The molecule has 3 rings (SSSR count). The van der Waals surface area contributed by atoms with Crippen LogP contribution in [0.1, 0.15) is 37.1 Å². The van der Waals surface area contributed by atoms with Gasteiger partial charge in [0.05, 0.1) is 11.4 Å². The number of nitrogens with two attached hydrogens (primary N) is 1. The van der Waals surface area contributed by atoms with Crippen molar-refractivity contribution in [1.29, 1.82) is 10.7 Å². The van der Waals surface area contributed by atoms with Crippen molar-refractivity contribution < 1.29 is 24.5 Å². The molecular weight excluding hydrogens is 366 g/mol. The molecule has 28 heavy (non-hydrogen) atoms. The average Bonchev–Trinajstić information content (AvgIpc) is 3.23. The maximum atomic E-state index is 11.9. The molecule has 4 atom stereocenters. The fourth-order valence-corrected chi connectivity index (χ4v) is 3.40. The highest BCUT2D eigenvalue weighted by Gasteiger charge is 2.57. The van der Waals surface area contributed by atoms with Gasteiger partial charge in [-0.25, -0.2) is 4.99 Å². The minimum atomic E-state index is -1.88. The number of H-pyrrole nitrogens is 1. The van der Waals surface area contributed by atoms with E-state index in [4.69, 9.17) is 20.6 Å². The molecule has 2 heterocycles. The van der Waals surface area contributed by atoms with Gasteiger partial charge in [-0.1, -0.05) is 6.42 Å². The number of aromatic nitrogens is 1. The number of nitrogens with one attached hydrogen (secondary N) is 2. The molecule has 0 spiro atoms. The number of rotatable bonds is 7. The number of nitrogens with zero attached hydrogens (tertiary/aromatic N) is 2. The Morgan fingerprint density at radius 3 is 2.89 bits per heavy atom. The van der Waals surface area contributed by atoms with Gasteiger partial charge in [-0.3, -0.25) is 10.2 Å². The van der Waals surface area contributed by atoms with E-state index in [1.54, 1.807) is 0 Å². The molecule has 0 bridgehead atoms. The molecule has 1 aromatic rings. The quantitative estimate of drug-likeness (QED) is 0.245. The first kappa shape index (κ1) is 20.0. The third-order valence-corrected chi connectivity index (χ3v) is 5.28. The van der Waals surface area contributed by atoms with Crippen LogP contribution in [-0.2, 0) is 19.9 Å². The van der Waals surface area contributed by atoms with Gasteiger partial charge in [0, 0.05) is 6.42 Å². The zero-order valence-corrected chi connectivity index (χ0v) is 15.2. The monoisotopic (exact) mass is 389 g/mol. The Morgan fingerprint density at radius 2 is 2.29 bits per heavy atom. The van der Waals surface area contributed by atoms with Gasteiger partial charge in [0.2, 0.25) is 5.60 Å². The Bertz CT molecular complexity index is 812. The lowest BCUT2D eigenvalue weighted by molar-refractivity contribution is -0.152. The van der Waals surface area contributed by atoms with E-state index < -0.39 is 23.9 Å². The highest BCUT2D eigenvalue weighted by Crippen LogP contribution is 2.39. The third-order valence-electron chi connectivity index (χ3n) is 5.28. The summed E-state index contributed by atoms with van der Waals surface area (Å²) in [6.07, 6.45) is 0.178. The van der Waals surface area contributed by atoms with Gasteiger partial charge < -0.3 is 30.4 Å². The van der Waals surface area contributed by atoms with Crippen molar-refractivity contribution in [3.8, 4) is 6.07 Å². The fourth-order valence-electron chi connectivity index (χ4n) is 3.40. The lowest BCUT2D eigenvalue weighted by Gasteiger charge is -2.24. The zero-order chi connectivity index (χ0) is 20.3. The Morgan fingerprint density at radius 1 is 1.54 bits per heavy atom. The largest absolute Gasteiger partial charge is 0.463 e. The smallest absolute Gasteiger partial charge is 0.306 e. The van der Waals surface area contributed by atoms with Crippen molar-refractivity contribution in [3.05, 3.63) is 23.5 Å². The molecule has 0 amide bonds. The summed E-state index contributed by atoms with van der Waals surface area (Å²) >= 11 is 0. The number of aliphatic imine (C=N–C) groups is 1. The van der Waals surface area contributed by atoms with Crippen LogP contribution < -0.4 is 5.73 Å². The van der Waals surface area contributed by atoms with E-state index in [0.29, 0.717) is 18.0 Å². The molecule has 0 radical (unpaired) electrons. The molecule has 6 N–H and O–H groups in total. The standard InChI is InChI=1S/C18H23N5O5/c19-8-18(13-5-4-11(23-13)17(21)22-9-20)16(26)15(25)12(28-18)7-27-14(24)6-10-2-1-3-10/h4-5,9-10,12,15-16,23,25-26H,1-3,6-7H2,(H3,20,21,22)/t12-,15-,16-,18+/m1/s1. The Labute approximate surface area is 161 Å². The number of esters is 1. The molecule has 2 fully saturated rings. The maximum Gasteiger partial charge on any atom is 0.306 e. The summed E-state index contributed by atoms with van der Waals surface area (Å²) < 4.78 is 10.8. The maximum absolute atomic E-state index is 11.9. The molecule has 1 aliphatic carbocycles. The first-order valence-electron chi connectivity index (χ1n) is 9.04. The van der Waals surface area contributed by atoms with Gasteiger partial charge in [-0.2, -0.15) is 5.26 Å². The van der Waals surface area contributed by atoms with E-state index in [-0.39, 0.29) is 24.1 Å². The average molecular weight is 389 g/mol. The van der Waals surface area contributed by atoms with Crippen molar-refractivity contribution in [3.63, 3.8) is 0 Å². The van der Waals surface area contributed by atoms with Crippen LogP contribution in [0.4, 0.5) is 0 Å². The number of hydrogen-bond donors (Lipinski definition) is 5. The Balaban J connectivity index is 1.71. The molecule has 2 aliphatic rings. The van der Waals surface area contributed by atoms with E-state index in [1.165, 1.54) is 12.1 Å². The van der Waals surface area contributed by atoms with E-state index in [1.807, 2.05) is 6.07 Å². The molecule has 1 saturated heterocycles. The van der Waals surface area contributed by atoms with Gasteiger partial charge in [0.15, 0.2) is 0 Å². The van der Waals surface area contributed by atoms with Crippen LogP contribution in [0, 0.1) is 22.7 Å². The summed E-state index contributed by atoms with van der Waals surface area (Å²) in [5.74, 6) is -0.0257. The minimum Gasteiger partial charge on any atom is -0.463 e. The van der Waals surface area contributed by atoms with Crippen molar-refractivity contribution in [2.24, 2.45) is 16.6 Å². The predicted octanol–water partition coefficient (Wildman–Crippen LogP) is -0.100. The van der Waals surface area contributed by atoms with Gasteiger partial charge in [-0.15, -0.1) is 0 Å². The van der Waals surface area contributed by atoms with Crippen LogP contribution in [-0.4, -0.2) is 58.3 Å². The number of ether oxygens (including phenoxy) is 2. The molecule has 1 saturated carbocycles. The van der Waals surface area contributed by atoms with Gasteiger partial charge in [-0.05, 0) is 30.9 Å². The first-order chi connectivity index (χ1) is 13.4. The summed E-state index contributed by atoms with van der Waals surface area (Å²) in [5, 5.41) is 37.5. The van der Waals surface area contributed by atoms with Crippen LogP contribution in [0.2, 0.25) is 0 Å². The lowest BCUT2D eigenvalue weighted by atomic mass is 9.83. The van der Waals surface area contributed by atoms with E-state index >= 15 is 0 Å². The first-order valence-corrected chi connectivity index (χ1v) is 9.04. The number of aromatic amines is 1. The summed E-state index contributed by atoms with van der Waals surface area (Å²) in [5.41, 5.74) is 4.32. The topological polar surface area (TPSA) is 178 Å². The lowest BCUT2D eigenvalue weighted by Crippen LogP contribution is -2.40. The van der Waals surface area contributed by atoms with Crippen LogP contribution in [0.25, 0.3) is 0 Å². The number of amidine groups is 1. The molecule has 1 aliphatic heterocycles. The van der Waals surface area contributed by atoms with Gasteiger partial charge >= 0.3 is 5.97 Å². The fraction of sp³-hybridized carbons (Fsp3) is 0.556. The minimum absolute atomic E-state index is 0.0175. The van der Waals surface area contributed by atoms with Crippen molar-refractivity contribution in [2.75, 3.05) is 6.61 Å². The zero-order valence-electron chi connectivity index (χ0n) is 15.2. The van der Waals surface area contributed by atoms with Gasteiger partial charge in [0.25, 0.3) is 0 Å². The normalized spacial score (nSPS) is 30.5. The molecule has 10 heteroatoms. The van der Waals surface area contributed by atoms with E-state index in [0.717, 1.165) is 25.6 Å². The van der Waals surface area contributed by atoms with E-state index in [2.05, 4.69) is 9.98 Å². The van der Waals surface area contributed by atoms with Crippen LogP contribution in [0.3, 0.4) is 0 Å². The summed E-state index contributed by atoms with van der Waals surface area (Å²) in [7, 11) is 0. The number of aliphatic hydroxyl groups excluding tert-OH is 2. The van der Waals surface area contributed by atoms with Gasteiger partial charge in [0.1, 0.15) is 43.2 Å². The van der Waals surface area contributed by atoms with Crippen molar-refractivity contribution >= 4 is 18.1 Å². The van der Waals surface area contributed by atoms with Crippen LogP contribution >= 0.6 is 0 Å². The van der Waals surface area contributed by atoms with Crippen LogP contribution in [0.5, 0.6) is 0 Å². The molecule has 1 aromatic heterocycles. The number of aliphatic hydroxyl groups is 2. The number of carbonyl (C=O) groups excluding carboxylic acids is 1. The Kier molecular flexibility index (Phi) is 5.79. The predicted molar refractivity (Wildman–Crippen MR) is 97.4 cm³/mol. The van der Waals surface area contributed by atoms with Crippen molar-refractivity contribution in [1.82, 2.24) is 4.98 Å². The molecular formula is C18H23N5O5. The molecule has 0 unspecified atom stereocenters.